The summed E-state index contributed by atoms with van der Waals surface area (Å²) in [5, 5.41) is 3.52. The summed E-state index contributed by atoms with van der Waals surface area (Å²) in [4.78, 5) is 46.8. The van der Waals surface area contributed by atoms with Crippen molar-refractivity contribution in [3.63, 3.8) is 0 Å². The summed E-state index contributed by atoms with van der Waals surface area (Å²) in [6.45, 7) is -0.519. The fourth-order valence-corrected chi connectivity index (χ4v) is 5.08. The van der Waals surface area contributed by atoms with Crippen LogP contribution in [-0.2, 0) is 9.59 Å². The zero-order valence-corrected chi connectivity index (χ0v) is 22.8. The highest BCUT2D eigenvalue weighted by atomic mass is 35.5. The second-order valence-electron chi connectivity index (χ2n) is 8.26. The number of thioether (sulfide) groups is 1. The van der Waals surface area contributed by atoms with Crippen LogP contribution in [0.15, 0.2) is 65.7 Å². The van der Waals surface area contributed by atoms with E-state index in [-0.39, 0.29) is 21.0 Å². The van der Waals surface area contributed by atoms with E-state index in [1.165, 1.54) is 19.3 Å². The van der Waals surface area contributed by atoms with Crippen LogP contribution >= 0.6 is 35.0 Å². The molecule has 0 spiro atoms. The number of carbonyl (C=O) groups excluding carboxylic acids is 3. The maximum atomic E-state index is 14.3. The molecule has 9 nitrogen and oxygen atoms in total. The molecule has 1 aliphatic rings. The number of methoxy groups -OCH3 is 1. The molecule has 1 fully saturated rings. The minimum absolute atomic E-state index is 0.0488. The number of imide groups is 1. The third kappa shape index (κ3) is 5.71. The lowest BCUT2D eigenvalue weighted by atomic mass is 10.0. The van der Waals surface area contributed by atoms with Crippen LogP contribution in [0.2, 0.25) is 10.3 Å². The highest BCUT2D eigenvalue weighted by molar-refractivity contribution is 8.18. The van der Waals surface area contributed by atoms with Gasteiger partial charge in [0.15, 0.2) is 0 Å². The van der Waals surface area contributed by atoms with Crippen molar-refractivity contribution in [1.82, 2.24) is 14.9 Å². The van der Waals surface area contributed by atoms with Crippen LogP contribution in [-0.4, -0.2) is 45.6 Å². The normalized spacial score (nSPS) is 14.2. The summed E-state index contributed by atoms with van der Waals surface area (Å²) in [5.41, 5.74) is 0.767. The number of nitrogens with one attached hydrogen (secondary N) is 1. The van der Waals surface area contributed by atoms with Crippen molar-refractivity contribution >= 4 is 74.6 Å². The van der Waals surface area contributed by atoms with E-state index in [0.29, 0.717) is 34.1 Å². The largest absolute Gasteiger partial charge is 0.495 e. The molecule has 1 aliphatic heterocycles. The number of halogens is 3. The predicted octanol–water partition coefficient (Wildman–Crippen LogP) is 6.55. The molecule has 0 saturated carbocycles. The Hall–Kier alpha value is -4.19. The van der Waals surface area contributed by atoms with Crippen LogP contribution in [0.1, 0.15) is 5.56 Å². The highest BCUT2D eigenvalue weighted by Gasteiger charge is 2.36. The van der Waals surface area contributed by atoms with Crippen LogP contribution < -0.4 is 14.8 Å². The molecule has 2 heterocycles. The maximum absolute atomic E-state index is 14.3. The lowest BCUT2D eigenvalue weighted by molar-refractivity contribution is -0.127. The van der Waals surface area contributed by atoms with Gasteiger partial charge < -0.3 is 14.8 Å². The summed E-state index contributed by atoms with van der Waals surface area (Å²) in [6, 6.07) is 15.2. The van der Waals surface area contributed by atoms with Gasteiger partial charge in [0, 0.05) is 11.3 Å². The van der Waals surface area contributed by atoms with Gasteiger partial charge in [-0.3, -0.25) is 19.3 Å². The van der Waals surface area contributed by atoms with E-state index in [1.807, 2.05) is 12.1 Å². The van der Waals surface area contributed by atoms with Gasteiger partial charge >= 0.3 is 0 Å². The summed E-state index contributed by atoms with van der Waals surface area (Å²) in [7, 11) is 1.46. The van der Waals surface area contributed by atoms with Gasteiger partial charge in [-0.05, 0) is 64.5 Å². The number of amides is 3. The maximum Gasteiger partial charge on any atom is 0.294 e. The molecule has 0 aliphatic carbocycles. The third-order valence-corrected chi connectivity index (χ3v) is 7.09. The predicted molar refractivity (Wildman–Crippen MR) is 150 cm³/mol. The fourth-order valence-electron chi connectivity index (χ4n) is 3.88. The number of benzene rings is 3. The van der Waals surface area contributed by atoms with Crippen LogP contribution in [0, 0.1) is 5.82 Å². The molecule has 40 heavy (non-hydrogen) atoms. The molecule has 3 amide bonds. The second-order valence-corrected chi connectivity index (χ2v) is 10.00. The first-order valence-corrected chi connectivity index (χ1v) is 13.1. The molecule has 5 rings (SSSR count). The van der Waals surface area contributed by atoms with E-state index in [9.17, 15) is 18.8 Å². The Kier molecular flexibility index (Phi) is 7.88. The highest BCUT2D eigenvalue weighted by Crippen LogP contribution is 2.38. The van der Waals surface area contributed by atoms with Crippen molar-refractivity contribution < 1.29 is 28.2 Å². The van der Waals surface area contributed by atoms with E-state index in [0.717, 1.165) is 16.5 Å². The number of fused-ring (bicyclic) bond motifs is 1. The SMILES string of the molecule is COc1ccc(NC(=O)CN2C(=O)S/C(=C/c3c(Oc4nc(Cl)ncc4F)ccc4ccccc34)C2=O)cc1Cl. The molecule has 202 valence electrons. The summed E-state index contributed by atoms with van der Waals surface area (Å²) in [5.74, 6) is -1.93. The van der Waals surface area contributed by atoms with Crippen LogP contribution in [0.4, 0.5) is 14.9 Å². The number of hydrogen-bond donors (Lipinski definition) is 1. The standard InChI is InChI=1S/C27H17Cl2FN4O5S/c1-38-21-9-7-15(10-18(21)28)32-23(35)13-34-25(36)22(40-27(34)37)11-17-16-5-3-2-4-14(16)6-8-20(17)39-24-19(30)12-31-26(29)33-24/h2-12H,13H2,1H3,(H,32,35)/b22-11+. The van der Waals surface area contributed by atoms with Gasteiger partial charge in [-0.25, -0.2) is 4.98 Å². The van der Waals surface area contributed by atoms with Crippen molar-refractivity contribution in [1.29, 1.82) is 0 Å². The first kappa shape index (κ1) is 27.4. The molecule has 0 atom stereocenters. The van der Waals surface area contributed by atoms with E-state index >= 15 is 0 Å². The Labute approximate surface area is 240 Å². The van der Waals surface area contributed by atoms with E-state index in [4.69, 9.17) is 32.7 Å². The first-order valence-electron chi connectivity index (χ1n) is 11.5. The summed E-state index contributed by atoms with van der Waals surface area (Å²) >= 11 is 12.6. The van der Waals surface area contributed by atoms with Gasteiger partial charge in [-0.2, -0.15) is 9.37 Å². The fraction of sp³-hybridized carbons (Fsp3) is 0.0741. The molecule has 1 saturated heterocycles. The Morgan fingerprint density at radius 2 is 1.90 bits per heavy atom. The summed E-state index contributed by atoms with van der Waals surface area (Å²) in [6.07, 6.45) is 2.34. The van der Waals surface area contributed by atoms with Gasteiger partial charge in [0.2, 0.25) is 17.0 Å². The topological polar surface area (TPSA) is 111 Å². The Morgan fingerprint density at radius 3 is 2.67 bits per heavy atom. The number of anilines is 1. The van der Waals surface area contributed by atoms with Gasteiger partial charge in [0.1, 0.15) is 18.0 Å². The van der Waals surface area contributed by atoms with Gasteiger partial charge in [0.05, 0.1) is 23.2 Å². The summed E-state index contributed by atoms with van der Waals surface area (Å²) < 4.78 is 25.1. The molecule has 0 unspecified atom stereocenters. The lowest BCUT2D eigenvalue weighted by Crippen LogP contribution is -2.36. The van der Waals surface area contributed by atoms with E-state index in [1.54, 1.807) is 36.4 Å². The number of hydrogen-bond acceptors (Lipinski definition) is 8. The number of ether oxygens (including phenoxy) is 2. The molecule has 1 aromatic heterocycles. The Morgan fingerprint density at radius 1 is 1.12 bits per heavy atom. The number of carbonyl (C=O) groups is 3. The quantitative estimate of drug-likeness (QED) is 0.188. The molecule has 0 radical (unpaired) electrons. The molecule has 3 aromatic carbocycles. The molecule has 0 bridgehead atoms. The lowest BCUT2D eigenvalue weighted by Gasteiger charge is -2.13. The van der Waals surface area contributed by atoms with Crippen molar-refractivity contribution in [2.45, 2.75) is 0 Å². The monoisotopic (exact) mass is 598 g/mol. The van der Waals surface area contributed by atoms with E-state index in [2.05, 4.69) is 15.3 Å². The van der Waals surface area contributed by atoms with Crippen molar-refractivity contribution in [3.05, 3.63) is 87.4 Å². The zero-order valence-electron chi connectivity index (χ0n) is 20.5. The second kappa shape index (κ2) is 11.5. The van der Waals surface area contributed by atoms with Gasteiger partial charge in [-0.15, -0.1) is 0 Å². The Bertz CT molecular complexity index is 1720. The van der Waals surface area contributed by atoms with Crippen molar-refractivity contribution in [2.75, 3.05) is 19.0 Å². The zero-order chi connectivity index (χ0) is 28.4. The molecular weight excluding hydrogens is 582 g/mol. The number of aromatic nitrogens is 2. The minimum Gasteiger partial charge on any atom is -0.495 e. The number of rotatable bonds is 7. The minimum atomic E-state index is -0.840. The Balaban J connectivity index is 1.42. The smallest absolute Gasteiger partial charge is 0.294 e. The average Bonchev–Trinajstić information content (AvgIpc) is 3.19. The first-order chi connectivity index (χ1) is 19.2. The van der Waals surface area contributed by atoms with Crippen LogP contribution in [0.25, 0.3) is 16.8 Å². The molecule has 1 N–H and O–H groups in total. The van der Waals surface area contributed by atoms with Gasteiger partial charge in [-0.1, -0.05) is 41.9 Å². The van der Waals surface area contributed by atoms with Crippen molar-refractivity contribution in [3.8, 4) is 17.4 Å². The van der Waals surface area contributed by atoms with E-state index < -0.39 is 35.3 Å². The van der Waals surface area contributed by atoms with Crippen LogP contribution in [0.5, 0.6) is 17.4 Å². The average molecular weight is 599 g/mol. The number of nitrogens with zero attached hydrogens (tertiary/aromatic N) is 3. The third-order valence-electron chi connectivity index (χ3n) is 5.71. The van der Waals surface area contributed by atoms with Crippen LogP contribution in [0.3, 0.4) is 0 Å². The van der Waals surface area contributed by atoms with Crippen molar-refractivity contribution in [2.24, 2.45) is 0 Å². The molecule has 4 aromatic rings. The van der Waals surface area contributed by atoms with Gasteiger partial charge in [0.25, 0.3) is 17.0 Å². The molecular formula is C27H17Cl2FN4O5S. The molecule has 13 heteroatoms.